The molecule has 1 amide bonds. The first-order valence-electron chi connectivity index (χ1n) is 8.33. The van der Waals surface area contributed by atoms with E-state index in [0.717, 1.165) is 22.9 Å². The summed E-state index contributed by atoms with van der Waals surface area (Å²) in [5, 5.41) is 3.41. The molecule has 7 heteroatoms. The lowest BCUT2D eigenvalue weighted by atomic mass is 10.1. The number of rotatable bonds is 5. The van der Waals surface area contributed by atoms with Crippen molar-refractivity contribution in [2.24, 2.45) is 0 Å². The zero-order valence-electron chi connectivity index (χ0n) is 14.3. The van der Waals surface area contributed by atoms with E-state index in [0.29, 0.717) is 24.8 Å². The number of hydroxylamine groups is 2. The van der Waals surface area contributed by atoms with Crippen molar-refractivity contribution in [1.29, 1.82) is 0 Å². The molecule has 26 heavy (non-hydrogen) atoms. The zero-order chi connectivity index (χ0) is 17.9. The molecule has 1 aromatic heterocycles. The van der Waals surface area contributed by atoms with E-state index in [1.807, 2.05) is 36.4 Å². The highest BCUT2D eigenvalue weighted by atomic mass is 16.7. The molecule has 0 saturated carbocycles. The summed E-state index contributed by atoms with van der Waals surface area (Å²) in [6, 6.07) is 11.6. The van der Waals surface area contributed by atoms with Gasteiger partial charge in [-0.3, -0.25) is 9.63 Å². The fourth-order valence-corrected chi connectivity index (χ4v) is 2.78. The topological polar surface area (TPSA) is 74.0 Å². The highest BCUT2D eigenvalue weighted by molar-refractivity contribution is 5.91. The molecule has 0 bridgehead atoms. The Balaban J connectivity index is 1.44. The molecule has 2 heterocycles. The minimum absolute atomic E-state index is 0.129. The van der Waals surface area contributed by atoms with E-state index < -0.39 is 0 Å². The molecular weight excluding hydrogens is 336 g/mol. The normalized spacial score (nSPS) is 14.0. The number of nitrogens with zero attached hydrogens (tertiary/aromatic N) is 2. The predicted molar refractivity (Wildman–Crippen MR) is 92.9 cm³/mol. The number of benzene rings is 2. The second-order valence-electron chi connectivity index (χ2n) is 5.88. The van der Waals surface area contributed by atoms with Gasteiger partial charge in [0.15, 0.2) is 12.3 Å². The first kappa shape index (κ1) is 16.4. The quantitative estimate of drug-likeness (QED) is 0.700. The Bertz CT molecular complexity index is 931. The van der Waals surface area contributed by atoms with E-state index in [9.17, 15) is 4.79 Å². The molecule has 4 rings (SSSR count). The Labute approximate surface area is 150 Å². The Hall–Kier alpha value is -3.06. The van der Waals surface area contributed by atoms with Crippen LogP contribution < -0.4 is 9.47 Å². The largest absolute Gasteiger partial charge is 0.497 e. The maximum atomic E-state index is 12.2. The fourth-order valence-electron chi connectivity index (χ4n) is 2.78. The van der Waals surface area contributed by atoms with Crippen LogP contribution in [0.2, 0.25) is 0 Å². The van der Waals surface area contributed by atoms with Gasteiger partial charge < -0.3 is 13.9 Å². The van der Waals surface area contributed by atoms with Gasteiger partial charge in [-0.15, -0.1) is 0 Å². The Morgan fingerprint density at radius 1 is 1.19 bits per heavy atom. The first-order valence-corrected chi connectivity index (χ1v) is 8.33. The molecule has 3 aromatic rings. The highest BCUT2D eigenvalue weighted by Crippen LogP contribution is 2.25. The van der Waals surface area contributed by atoms with Crippen molar-refractivity contribution in [3.8, 4) is 11.5 Å². The van der Waals surface area contributed by atoms with Crippen LogP contribution >= 0.6 is 0 Å². The Morgan fingerprint density at radius 2 is 2.00 bits per heavy atom. The average molecular weight is 354 g/mol. The molecule has 1 saturated heterocycles. The van der Waals surface area contributed by atoms with Gasteiger partial charge in [-0.05, 0) is 41.5 Å². The number of carbonyl (C=O) groups is 1. The molecule has 0 aliphatic carbocycles. The monoisotopic (exact) mass is 354 g/mol. The lowest BCUT2D eigenvalue weighted by Gasteiger charge is -2.10. The molecule has 1 aliphatic heterocycles. The third kappa shape index (κ3) is 3.34. The van der Waals surface area contributed by atoms with Gasteiger partial charge in [0.2, 0.25) is 5.89 Å². The van der Waals surface area contributed by atoms with Crippen LogP contribution in [0.5, 0.6) is 11.5 Å². The van der Waals surface area contributed by atoms with Crippen molar-refractivity contribution in [3.05, 3.63) is 54.2 Å². The van der Waals surface area contributed by atoms with Crippen molar-refractivity contribution in [2.45, 2.75) is 13.0 Å². The highest BCUT2D eigenvalue weighted by Gasteiger charge is 2.23. The van der Waals surface area contributed by atoms with Gasteiger partial charge in [0.25, 0.3) is 5.91 Å². The summed E-state index contributed by atoms with van der Waals surface area (Å²) in [5.74, 6) is 1.50. The number of aromatic nitrogens is 1. The van der Waals surface area contributed by atoms with E-state index in [1.165, 1.54) is 11.3 Å². The molecular formula is C19H18N2O5. The lowest BCUT2D eigenvalue weighted by Crippen LogP contribution is -2.26. The summed E-state index contributed by atoms with van der Waals surface area (Å²) in [6.07, 6.45) is 2.15. The summed E-state index contributed by atoms with van der Waals surface area (Å²) >= 11 is 0. The van der Waals surface area contributed by atoms with Gasteiger partial charge in [-0.25, -0.2) is 10.0 Å². The van der Waals surface area contributed by atoms with Crippen molar-refractivity contribution in [3.63, 3.8) is 0 Å². The number of methoxy groups -OCH3 is 1. The number of amides is 1. The van der Waals surface area contributed by atoms with Crippen LogP contribution in [0.15, 0.2) is 47.1 Å². The summed E-state index contributed by atoms with van der Waals surface area (Å²) in [5.41, 5.74) is 0.216. The van der Waals surface area contributed by atoms with Crippen molar-refractivity contribution in [2.75, 3.05) is 20.3 Å². The van der Waals surface area contributed by atoms with Gasteiger partial charge >= 0.3 is 0 Å². The minimum atomic E-state index is -0.296. The summed E-state index contributed by atoms with van der Waals surface area (Å²) in [6.45, 7) is 1.24. The predicted octanol–water partition coefficient (Wildman–Crippen LogP) is 3.19. The zero-order valence-corrected chi connectivity index (χ0v) is 14.3. The van der Waals surface area contributed by atoms with Gasteiger partial charge in [0.05, 0.1) is 20.3 Å². The van der Waals surface area contributed by atoms with Crippen LogP contribution in [0.25, 0.3) is 10.8 Å². The molecule has 0 radical (unpaired) electrons. The number of ether oxygens (including phenoxy) is 2. The third-order valence-corrected chi connectivity index (χ3v) is 4.13. The molecule has 2 aromatic carbocycles. The van der Waals surface area contributed by atoms with Crippen LogP contribution in [0.4, 0.5) is 0 Å². The van der Waals surface area contributed by atoms with E-state index in [-0.39, 0.29) is 18.2 Å². The molecule has 0 N–H and O–H groups in total. The van der Waals surface area contributed by atoms with E-state index in [1.54, 1.807) is 7.11 Å². The van der Waals surface area contributed by atoms with Crippen LogP contribution in [0, 0.1) is 0 Å². The molecule has 0 unspecified atom stereocenters. The van der Waals surface area contributed by atoms with Crippen molar-refractivity contribution >= 4 is 16.7 Å². The number of hydrogen-bond donors (Lipinski definition) is 0. The van der Waals surface area contributed by atoms with Gasteiger partial charge in [-0.2, -0.15) is 0 Å². The SMILES string of the molecule is COc1ccc2ccc(OCc3nc(C(=O)N4CCCO4)co3)cc2c1. The average Bonchev–Trinajstić information content (AvgIpc) is 3.37. The van der Waals surface area contributed by atoms with E-state index >= 15 is 0 Å². The molecule has 134 valence electrons. The van der Waals surface area contributed by atoms with Crippen molar-refractivity contribution in [1.82, 2.24) is 10.0 Å². The molecule has 0 atom stereocenters. The van der Waals surface area contributed by atoms with Crippen LogP contribution in [-0.2, 0) is 11.4 Å². The first-order chi connectivity index (χ1) is 12.7. The van der Waals surface area contributed by atoms with Crippen molar-refractivity contribution < 1.29 is 23.5 Å². The summed E-state index contributed by atoms with van der Waals surface area (Å²) < 4.78 is 16.3. The van der Waals surface area contributed by atoms with Crippen LogP contribution in [0.1, 0.15) is 22.8 Å². The van der Waals surface area contributed by atoms with Crippen LogP contribution in [0.3, 0.4) is 0 Å². The number of carbonyl (C=O) groups excluding carboxylic acids is 1. The second kappa shape index (κ2) is 7.05. The van der Waals surface area contributed by atoms with E-state index in [4.69, 9.17) is 18.7 Å². The van der Waals surface area contributed by atoms with Gasteiger partial charge in [0, 0.05) is 0 Å². The minimum Gasteiger partial charge on any atom is -0.497 e. The summed E-state index contributed by atoms with van der Waals surface area (Å²) in [4.78, 5) is 21.6. The maximum Gasteiger partial charge on any atom is 0.299 e. The second-order valence-corrected chi connectivity index (χ2v) is 5.88. The molecule has 1 fully saturated rings. The Kier molecular flexibility index (Phi) is 4.45. The van der Waals surface area contributed by atoms with E-state index in [2.05, 4.69) is 4.98 Å². The number of oxazole rings is 1. The van der Waals surface area contributed by atoms with Crippen LogP contribution in [-0.4, -0.2) is 36.2 Å². The fraction of sp³-hybridized carbons (Fsp3) is 0.263. The smallest absolute Gasteiger partial charge is 0.299 e. The standard InChI is InChI=1S/C19H18N2O5/c1-23-15-5-3-13-4-6-16(10-14(13)9-15)24-12-18-20-17(11-25-18)19(22)21-7-2-8-26-21/h3-6,9-11H,2,7-8,12H2,1H3. The molecule has 1 aliphatic rings. The number of fused-ring (bicyclic) bond motifs is 1. The Morgan fingerprint density at radius 3 is 2.77 bits per heavy atom. The number of hydrogen-bond acceptors (Lipinski definition) is 6. The lowest BCUT2D eigenvalue weighted by molar-refractivity contribution is -0.0771. The molecule has 0 spiro atoms. The summed E-state index contributed by atoms with van der Waals surface area (Å²) in [7, 11) is 1.64. The maximum absolute atomic E-state index is 12.2. The van der Waals surface area contributed by atoms with Gasteiger partial charge in [0.1, 0.15) is 17.8 Å². The molecule has 7 nitrogen and oxygen atoms in total. The van der Waals surface area contributed by atoms with Gasteiger partial charge in [-0.1, -0.05) is 12.1 Å². The third-order valence-electron chi connectivity index (χ3n) is 4.13.